The fraction of sp³-hybridized carbons (Fsp3) is 0.286. The van der Waals surface area contributed by atoms with Crippen molar-refractivity contribution in [2.45, 2.75) is 0 Å². The van der Waals surface area contributed by atoms with E-state index in [0.29, 0.717) is 15.2 Å². The zero-order valence-electron chi connectivity index (χ0n) is 12.2. The topological polar surface area (TPSA) is 65.1 Å². The first-order chi connectivity index (χ1) is 10.9. The first-order valence-corrected chi connectivity index (χ1v) is 7.85. The van der Waals surface area contributed by atoms with Crippen LogP contribution in [-0.4, -0.2) is 39.5 Å². The smallest absolute Gasteiger partial charge is 0.355 e. The number of methoxy groups -OCH3 is 2. The van der Waals surface area contributed by atoms with Gasteiger partial charge in [-0.3, -0.25) is 0 Å². The maximum absolute atomic E-state index is 12.2. The van der Waals surface area contributed by atoms with Gasteiger partial charge in [0.05, 0.1) is 37.1 Å². The highest BCUT2D eigenvalue weighted by molar-refractivity contribution is 9.10. The molecule has 0 saturated carbocycles. The van der Waals surface area contributed by atoms with Crippen molar-refractivity contribution in [3.8, 4) is 0 Å². The number of benzene rings is 1. The number of rotatable bonds is 3. The Hall–Kier alpha value is -1.28. The molecule has 0 bridgehead atoms. The number of ether oxygens (including phenoxy) is 3. The number of hydrogen-bond acceptors (Lipinski definition) is 6. The number of carbonyl (C=O) groups excluding carboxylic acids is 2. The second kappa shape index (κ2) is 7.53. The molecular formula is C14H12BrCl2NO5. The standard InChI is InChI=1S/C14H12BrCl2NO5/c1-21-13(19)8-5-23-6-18(11(8)14(20)22-2)12-9(15)3-7(16)4-10(12)17/h3-4H,5-6H2,1-2H3. The van der Waals surface area contributed by atoms with Gasteiger partial charge in [-0.25, -0.2) is 9.59 Å². The van der Waals surface area contributed by atoms with E-state index in [0.717, 1.165) is 0 Å². The lowest BCUT2D eigenvalue weighted by atomic mass is 10.1. The van der Waals surface area contributed by atoms with Gasteiger partial charge in [-0.1, -0.05) is 23.2 Å². The van der Waals surface area contributed by atoms with Crippen LogP contribution >= 0.6 is 39.1 Å². The van der Waals surface area contributed by atoms with Gasteiger partial charge in [0.2, 0.25) is 0 Å². The Morgan fingerprint density at radius 3 is 2.43 bits per heavy atom. The van der Waals surface area contributed by atoms with Crippen LogP contribution in [-0.2, 0) is 23.8 Å². The van der Waals surface area contributed by atoms with Crippen molar-refractivity contribution in [1.82, 2.24) is 0 Å². The Morgan fingerprint density at radius 1 is 1.22 bits per heavy atom. The molecular weight excluding hydrogens is 413 g/mol. The molecule has 9 heteroatoms. The molecule has 1 aliphatic heterocycles. The first kappa shape index (κ1) is 18.1. The SMILES string of the molecule is COC(=O)C1=C(C(=O)OC)N(c2c(Cl)cc(Cl)cc2Br)COC1. The second-order valence-corrected chi connectivity index (χ2v) is 6.13. The van der Waals surface area contributed by atoms with E-state index in [1.165, 1.54) is 25.2 Å². The van der Waals surface area contributed by atoms with Crippen molar-refractivity contribution in [3.63, 3.8) is 0 Å². The number of nitrogens with zero attached hydrogens (tertiary/aromatic N) is 1. The molecule has 0 saturated heterocycles. The Labute approximate surface area is 151 Å². The molecule has 0 unspecified atom stereocenters. The molecule has 1 heterocycles. The molecule has 0 aromatic heterocycles. The average molecular weight is 425 g/mol. The van der Waals surface area contributed by atoms with Gasteiger partial charge in [0.15, 0.2) is 0 Å². The lowest BCUT2D eigenvalue weighted by Gasteiger charge is -2.32. The summed E-state index contributed by atoms with van der Waals surface area (Å²) < 4.78 is 15.4. The predicted octanol–water partition coefficient (Wildman–Crippen LogP) is 3.15. The molecule has 0 amide bonds. The molecule has 2 rings (SSSR count). The van der Waals surface area contributed by atoms with Crippen molar-refractivity contribution in [1.29, 1.82) is 0 Å². The summed E-state index contributed by atoms with van der Waals surface area (Å²) in [6, 6.07) is 3.13. The normalized spacial score (nSPS) is 14.7. The average Bonchev–Trinajstić information content (AvgIpc) is 2.52. The lowest BCUT2D eigenvalue weighted by Crippen LogP contribution is -2.39. The lowest BCUT2D eigenvalue weighted by molar-refractivity contribution is -0.140. The molecule has 0 fully saturated rings. The molecule has 0 aliphatic carbocycles. The van der Waals surface area contributed by atoms with E-state index in [-0.39, 0.29) is 29.6 Å². The zero-order valence-corrected chi connectivity index (χ0v) is 15.3. The Bertz CT molecular complexity index is 669. The Kier molecular flexibility index (Phi) is 5.91. The van der Waals surface area contributed by atoms with Crippen LogP contribution in [0.1, 0.15) is 0 Å². The maximum Gasteiger partial charge on any atom is 0.355 e. The van der Waals surface area contributed by atoms with E-state index in [1.54, 1.807) is 6.07 Å². The molecule has 1 aliphatic rings. The van der Waals surface area contributed by atoms with Crippen molar-refractivity contribution in [3.05, 3.63) is 37.9 Å². The zero-order chi connectivity index (χ0) is 17.1. The van der Waals surface area contributed by atoms with E-state index < -0.39 is 11.9 Å². The molecule has 124 valence electrons. The van der Waals surface area contributed by atoms with E-state index in [1.807, 2.05) is 0 Å². The monoisotopic (exact) mass is 423 g/mol. The summed E-state index contributed by atoms with van der Waals surface area (Å²) in [6.07, 6.45) is 0. The fourth-order valence-corrected chi connectivity index (χ4v) is 3.63. The summed E-state index contributed by atoms with van der Waals surface area (Å²) in [5.74, 6) is -1.39. The van der Waals surface area contributed by atoms with Crippen LogP contribution in [0.15, 0.2) is 27.9 Å². The van der Waals surface area contributed by atoms with Gasteiger partial charge < -0.3 is 19.1 Å². The van der Waals surface area contributed by atoms with Crippen LogP contribution in [0.3, 0.4) is 0 Å². The van der Waals surface area contributed by atoms with Gasteiger partial charge in [0.1, 0.15) is 12.4 Å². The number of carbonyl (C=O) groups is 2. The Morgan fingerprint density at radius 2 is 1.87 bits per heavy atom. The third-order valence-electron chi connectivity index (χ3n) is 3.08. The fourth-order valence-electron chi connectivity index (χ4n) is 2.11. The number of hydrogen-bond donors (Lipinski definition) is 0. The van der Waals surface area contributed by atoms with Crippen molar-refractivity contribution in [2.24, 2.45) is 0 Å². The minimum atomic E-state index is -0.702. The van der Waals surface area contributed by atoms with E-state index in [4.69, 9.17) is 37.4 Å². The highest BCUT2D eigenvalue weighted by Crippen LogP contribution is 2.40. The number of esters is 2. The van der Waals surface area contributed by atoms with Crippen LogP contribution < -0.4 is 4.90 Å². The van der Waals surface area contributed by atoms with Gasteiger partial charge in [-0.05, 0) is 28.1 Å². The summed E-state index contributed by atoms with van der Waals surface area (Å²) >= 11 is 15.5. The van der Waals surface area contributed by atoms with Gasteiger partial charge in [0, 0.05) is 9.50 Å². The minimum absolute atomic E-state index is 0.00484. The second-order valence-electron chi connectivity index (χ2n) is 4.43. The van der Waals surface area contributed by atoms with Crippen molar-refractivity contribution >= 4 is 56.8 Å². The largest absolute Gasteiger partial charge is 0.466 e. The highest BCUT2D eigenvalue weighted by atomic mass is 79.9. The van der Waals surface area contributed by atoms with Crippen LogP contribution in [0.5, 0.6) is 0 Å². The summed E-state index contributed by atoms with van der Waals surface area (Å²) in [6.45, 7) is -0.0681. The molecule has 1 aromatic rings. The molecule has 6 nitrogen and oxygen atoms in total. The molecule has 0 atom stereocenters. The maximum atomic E-state index is 12.2. The van der Waals surface area contributed by atoms with Crippen LogP contribution in [0, 0.1) is 0 Å². The predicted molar refractivity (Wildman–Crippen MR) is 88.5 cm³/mol. The Balaban J connectivity index is 2.65. The van der Waals surface area contributed by atoms with E-state index >= 15 is 0 Å². The number of halogens is 3. The summed E-state index contributed by atoms with van der Waals surface area (Å²) in [5, 5.41) is 0.695. The quantitative estimate of drug-likeness (QED) is 0.694. The molecule has 23 heavy (non-hydrogen) atoms. The summed E-state index contributed by atoms with van der Waals surface area (Å²) in [4.78, 5) is 25.6. The number of anilines is 1. The summed E-state index contributed by atoms with van der Waals surface area (Å²) in [5.41, 5.74) is 0.483. The van der Waals surface area contributed by atoms with Gasteiger partial charge >= 0.3 is 11.9 Å². The highest BCUT2D eigenvalue weighted by Gasteiger charge is 2.34. The van der Waals surface area contributed by atoms with Crippen molar-refractivity contribution in [2.75, 3.05) is 32.5 Å². The van der Waals surface area contributed by atoms with Gasteiger partial charge in [-0.2, -0.15) is 0 Å². The molecule has 0 radical (unpaired) electrons. The third-order valence-corrected chi connectivity index (χ3v) is 4.20. The van der Waals surface area contributed by atoms with Crippen LogP contribution in [0.4, 0.5) is 5.69 Å². The van der Waals surface area contributed by atoms with Gasteiger partial charge in [0.25, 0.3) is 0 Å². The van der Waals surface area contributed by atoms with Gasteiger partial charge in [-0.15, -0.1) is 0 Å². The minimum Gasteiger partial charge on any atom is -0.466 e. The molecule has 1 aromatic carbocycles. The third kappa shape index (κ3) is 3.63. The van der Waals surface area contributed by atoms with E-state index in [9.17, 15) is 9.59 Å². The molecule has 0 spiro atoms. The molecule has 0 N–H and O–H groups in total. The van der Waals surface area contributed by atoms with Crippen LogP contribution in [0.25, 0.3) is 0 Å². The van der Waals surface area contributed by atoms with Crippen LogP contribution in [0.2, 0.25) is 10.0 Å². The first-order valence-electron chi connectivity index (χ1n) is 6.30. The summed E-state index contributed by atoms with van der Waals surface area (Å²) in [7, 11) is 2.44. The van der Waals surface area contributed by atoms with Crippen molar-refractivity contribution < 1.29 is 23.8 Å². The van der Waals surface area contributed by atoms with E-state index in [2.05, 4.69) is 15.9 Å².